The van der Waals surface area contributed by atoms with Crippen molar-refractivity contribution in [2.45, 2.75) is 38.6 Å². The highest BCUT2D eigenvalue weighted by molar-refractivity contribution is 5.49. The van der Waals surface area contributed by atoms with Crippen LogP contribution < -0.4 is 10.2 Å². The monoisotopic (exact) mass is 250 g/mol. The molecule has 2 N–H and O–H groups in total. The molecule has 1 aliphatic heterocycles. The van der Waals surface area contributed by atoms with Crippen LogP contribution in [-0.4, -0.2) is 40.8 Å². The van der Waals surface area contributed by atoms with Gasteiger partial charge in [-0.2, -0.15) is 0 Å². The van der Waals surface area contributed by atoms with E-state index >= 15 is 0 Å². The third-order valence-corrected chi connectivity index (χ3v) is 3.37. The van der Waals surface area contributed by atoms with Crippen LogP contribution in [0.15, 0.2) is 12.4 Å². The number of aliphatic hydroxyl groups excluding tert-OH is 1. The van der Waals surface area contributed by atoms with Crippen molar-refractivity contribution in [3.8, 4) is 0 Å². The van der Waals surface area contributed by atoms with Gasteiger partial charge < -0.3 is 15.3 Å². The van der Waals surface area contributed by atoms with Gasteiger partial charge in [-0.1, -0.05) is 13.3 Å². The highest BCUT2D eigenvalue weighted by Gasteiger charge is 2.24. The summed E-state index contributed by atoms with van der Waals surface area (Å²) in [5.41, 5.74) is 0. The number of hydrogen-bond acceptors (Lipinski definition) is 5. The second kappa shape index (κ2) is 6.54. The molecule has 0 saturated carbocycles. The van der Waals surface area contributed by atoms with Crippen LogP contribution in [0.1, 0.15) is 32.6 Å². The molecule has 0 aromatic carbocycles. The van der Waals surface area contributed by atoms with Crippen molar-refractivity contribution < 1.29 is 5.11 Å². The second-order valence-electron chi connectivity index (χ2n) is 4.71. The predicted molar refractivity (Wildman–Crippen MR) is 72.9 cm³/mol. The second-order valence-corrected chi connectivity index (χ2v) is 4.71. The van der Waals surface area contributed by atoms with Crippen molar-refractivity contribution in [2.75, 3.05) is 29.9 Å². The van der Waals surface area contributed by atoms with Gasteiger partial charge in [-0.25, -0.2) is 9.97 Å². The van der Waals surface area contributed by atoms with Crippen molar-refractivity contribution in [2.24, 2.45) is 0 Å². The number of aliphatic hydroxyl groups is 1. The van der Waals surface area contributed by atoms with Crippen LogP contribution in [0.3, 0.4) is 0 Å². The van der Waals surface area contributed by atoms with Gasteiger partial charge in [0.2, 0.25) is 0 Å². The zero-order valence-electron chi connectivity index (χ0n) is 11.0. The van der Waals surface area contributed by atoms with E-state index in [1.807, 2.05) is 6.07 Å². The Morgan fingerprint density at radius 1 is 1.50 bits per heavy atom. The van der Waals surface area contributed by atoms with E-state index in [2.05, 4.69) is 27.1 Å². The molecule has 5 nitrogen and oxygen atoms in total. The molecule has 0 radical (unpaired) electrons. The number of nitrogens with one attached hydrogen (secondary N) is 1. The van der Waals surface area contributed by atoms with Gasteiger partial charge in [-0.15, -0.1) is 0 Å². The molecule has 18 heavy (non-hydrogen) atoms. The van der Waals surface area contributed by atoms with Crippen molar-refractivity contribution in [1.29, 1.82) is 0 Å². The van der Waals surface area contributed by atoms with Gasteiger partial charge in [0, 0.05) is 19.2 Å². The molecule has 100 valence electrons. The van der Waals surface area contributed by atoms with Gasteiger partial charge in [0.05, 0.1) is 12.6 Å². The third-order valence-electron chi connectivity index (χ3n) is 3.37. The van der Waals surface area contributed by atoms with E-state index in [9.17, 15) is 5.11 Å². The summed E-state index contributed by atoms with van der Waals surface area (Å²) in [7, 11) is 0. The first-order valence-electron chi connectivity index (χ1n) is 6.78. The van der Waals surface area contributed by atoms with E-state index in [-0.39, 0.29) is 12.6 Å². The zero-order valence-corrected chi connectivity index (χ0v) is 11.0. The minimum Gasteiger partial charge on any atom is -0.394 e. The summed E-state index contributed by atoms with van der Waals surface area (Å²) >= 11 is 0. The van der Waals surface area contributed by atoms with Crippen LogP contribution in [0.2, 0.25) is 0 Å². The highest BCUT2D eigenvalue weighted by Crippen LogP contribution is 2.24. The Hall–Kier alpha value is -1.36. The molecule has 1 saturated heterocycles. The molecule has 1 aromatic rings. The maximum atomic E-state index is 9.34. The SMILES string of the molecule is CCCCNc1cc(N2CCCC2CO)ncn1. The molecule has 0 aliphatic carbocycles. The van der Waals surface area contributed by atoms with E-state index in [1.54, 1.807) is 6.33 Å². The van der Waals surface area contributed by atoms with Crippen LogP contribution in [0.5, 0.6) is 0 Å². The van der Waals surface area contributed by atoms with E-state index < -0.39 is 0 Å². The Kier molecular flexibility index (Phi) is 4.75. The molecule has 0 spiro atoms. The molecule has 0 bridgehead atoms. The first-order chi connectivity index (χ1) is 8.85. The topological polar surface area (TPSA) is 61.3 Å². The number of aromatic nitrogens is 2. The molecule has 0 amide bonds. The minimum absolute atomic E-state index is 0.197. The molecule has 1 aromatic heterocycles. The van der Waals surface area contributed by atoms with Gasteiger partial charge in [0.1, 0.15) is 18.0 Å². The Balaban J connectivity index is 2.02. The largest absolute Gasteiger partial charge is 0.394 e. The molecule has 2 rings (SSSR count). The summed E-state index contributed by atoms with van der Waals surface area (Å²) in [5.74, 6) is 1.79. The number of anilines is 2. The zero-order chi connectivity index (χ0) is 12.8. The minimum atomic E-state index is 0.197. The fourth-order valence-corrected chi connectivity index (χ4v) is 2.32. The average molecular weight is 250 g/mol. The number of hydrogen-bond donors (Lipinski definition) is 2. The van der Waals surface area contributed by atoms with Gasteiger partial charge >= 0.3 is 0 Å². The summed E-state index contributed by atoms with van der Waals surface area (Å²) in [6, 6.07) is 2.19. The lowest BCUT2D eigenvalue weighted by atomic mass is 10.2. The first kappa shape index (κ1) is 13.1. The average Bonchev–Trinajstić information content (AvgIpc) is 2.88. The molecule has 2 heterocycles. The summed E-state index contributed by atoms with van der Waals surface area (Å²) < 4.78 is 0. The lowest BCUT2D eigenvalue weighted by Gasteiger charge is -2.24. The maximum absolute atomic E-state index is 9.34. The fourth-order valence-electron chi connectivity index (χ4n) is 2.32. The quantitative estimate of drug-likeness (QED) is 0.752. The lowest BCUT2D eigenvalue weighted by molar-refractivity contribution is 0.266. The summed E-state index contributed by atoms with van der Waals surface area (Å²) in [6.07, 6.45) is 6.06. The van der Waals surface area contributed by atoms with E-state index in [0.29, 0.717) is 0 Å². The van der Waals surface area contributed by atoms with Gasteiger partial charge in [-0.05, 0) is 19.3 Å². The van der Waals surface area contributed by atoms with Gasteiger partial charge in [-0.3, -0.25) is 0 Å². The Labute approximate surface area is 108 Å². The van der Waals surface area contributed by atoms with Gasteiger partial charge in [0.15, 0.2) is 0 Å². The summed E-state index contributed by atoms with van der Waals surface area (Å²) in [6.45, 7) is 4.28. The smallest absolute Gasteiger partial charge is 0.134 e. The Bertz CT molecular complexity index is 372. The van der Waals surface area contributed by atoms with E-state index in [4.69, 9.17) is 0 Å². The van der Waals surface area contributed by atoms with Crippen molar-refractivity contribution in [3.63, 3.8) is 0 Å². The molecule has 1 atom stereocenters. The molecule has 1 unspecified atom stereocenters. The normalized spacial score (nSPS) is 19.2. The molecule has 1 fully saturated rings. The summed E-state index contributed by atoms with van der Waals surface area (Å²) in [5, 5.41) is 12.6. The lowest BCUT2D eigenvalue weighted by Crippen LogP contribution is -2.32. The molecular formula is C13H22N4O. The van der Waals surface area contributed by atoms with E-state index in [0.717, 1.165) is 44.0 Å². The third kappa shape index (κ3) is 3.10. The van der Waals surface area contributed by atoms with Crippen LogP contribution in [0.25, 0.3) is 0 Å². The Morgan fingerprint density at radius 2 is 2.39 bits per heavy atom. The van der Waals surface area contributed by atoms with Crippen molar-refractivity contribution >= 4 is 11.6 Å². The summed E-state index contributed by atoms with van der Waals surface area (Å²) in [4.78, 5) is 10.7. The predicted octanol–water partition coefficient (Wildman–Crippen LogP) is 1.65. The maximum Gasteiger partial charge on any atom is 0.134 e. The van der Waals surface area contributed by atoms with Crippen LogP contribution >= 0.6 is 0 Å². The Morgan fingerprint density at radius 3 is 3.17 bits per heavy atom. The fraction of sp³-hybridized carbons (Fsp3) is 0.692. The van der Waals surface area contributed by atoms with Crippen molar-refractivity contribution in [1.82, 2.24) is 9.97 Å². The van der Waals surface area contributed by atoms with Crippen molar-refractivity contribution in [3.05, 3.63) is 12.4 Å². The molecule has 1 aliphatic rings. The highest BCUT2D eigenvalue weighted by atomic mass is 16.3. The van der Waals surface area contributed by atoms with Crippen LogP contribution in [0, 0.1) is 0 Å². The molecular weight excluding hydrogens is 228 g/mol. The number of unbranched alkanes of at least 4 members (excludes halogenated alkanes) is 1. The first-order valence-corrected chi connectivity index (χ1v) is 6.78. The van der Waals surface area contributed by atoms with E-state index in [1.165, 1.54) is 6.42 Å². The van der Waals surface area contributed by atoms with Crippen LogP contribution in [0.4, 0.5) is 11.6 Å². The standard InChI is InChI=1S/C13H22N4O/c1-2-3-6-14-12-8-13(16-10-15-12)17-7-4-5-11(17)9-18/h8,10-11,18H,2-7,9H2,1H3,(H,14,15,16). The van der Waals surface area contributed by atoms with Crippen LogP contribution in [-0.2, 0) is 0 Å². The van der Waals surface area contributed by atoms with Gasteiger partial charge in [0.25, 0.3) is 0 Å². The molecule has 5 heteroatoms. The number of rotatable bonds is 6. The number of nitrogens with zero attached hydrogens (tertiary/aromatic N) is 3.